The van der Waals surface area contributed by atoms with Crippen LogP contribution in [-0.4, -0.2) is 16.1 Å². The number of hydrogen-bond acceptors (Lipinski definition) is 1. The molecule has 0 bridgehead atoms. The molecule has 0 N–H and O–H groups in total. The second kappa shape index (κ2) is 9.99. The van der Waals surface area contributed by atoms with Crippen molar-refractivity contribution in [3.63, 3.8) is 0 Å². The van der Waals surface area contributed by atoms with Gasteiger partial charge in [0.05, 0.1) is 0 Å². The molecule has 1 aliphatic rings. The molecule has 0 amide bonds. The van der Waals surface area contributed by atoms with Crippen molar-refractivity contribution in [3.05, 3.63) is 73.8 Å². The molecule has 2 heteroatoms. The SMILES string of the molecule is Cc1c(C)c(C)c(-c2cccc(-c3c(C)c(C)c(C)c(C)c3C)c2P2C(C)(C)CC(=O)CC2(C)C)c(C)c1C. The molecule has 1 aliphatic heterocycles. The maximum Gasteiger partial charge on any atom is 0.134 e. The van der Waals surface area contributed by atoms with Crippen LogP contribution in [0.15, 0.2) is 18.2 Å². The smallest absolute Gasteiger partial charge is 0.134 e. The second-order valence-corrected chi connectivity index (χ2v) is 17.1. The number of carbonyl (C=O) groups is 1. The van der Waals surface area contributed by atoms with E-state index in [1.54, 1.807) is 0 Å². The molecule has 3 aromatic rings. The average Bonchev–Trinajstić information content (AvgIpc) is 2.83. The van der Waals surface area contributed by atoms with Crippen LogP contribution in [0, 0.1) is 69.2 Å². The summed E-state index contributed by atoms with van der Waals surface area (Å²) in [6.45, 7) is 32.3. The Balaban J connectivity index is 2.26. The highest BCUT2D eigenvalue weighted by atomic mass is 31.1. The first-order valence-electron chi connectivity index (χ1n) is 14.5. The first-order valence-corrected chi connectivity index (χ1v) is 15.9. The molecule has 0 spiro atoms. The van der Waals surface area contributed by atoms with Crippen LogP contribution in [0.2, 0.25) is 0 Å². The summed E-state index contributed by atoms with van der Waals surface area (Å²) in [5.74, 6) is 0.409. The van der Waals surface area contributed by atoms with Gasteiger partial charge in [0.25, 0.3) is 0 Å². The van der Waals surface area contributed by atoms with Crippen molar-refractivity contribution in [2.75, 3.05) is 0 Å². The summed E-state index contributed by atoms with van der Waals surface area (Å²) < 4.78 is 0. The van der Waals surface area contributed by atoms with Gasteiger partial charge in [0.2, 0.25) is 0 Å². The van der Waals surface area contributed by atoms with E-state index >= 15 is 0 Å². The summed E-state index contributed by atoms with van der Waals surface area (Å²) in [7, 11) is -0.693. The molecule has 208 valence electrons. The van der Waals surface area contributed by atoms with Gasteiger partial charge in [-0.1, -0.05) is 53.8 Å². The standard InChI is InChI=1S/C37H49OP/c1-20-22(3)26(7)33(27(8)23(20)4)31-16-15-17-32(34-28(9)24(5)21(2)25(6)29(34)10)35(31)39-36(11,12)18-30(38)19-37(39,13)14/h15-17H,18-19H2,1-14H3. The van der Waals surface area contributed by atoms with E-state index in [2.05, 4.69) is 115 Å². The van der Waals surface area contributed by atoms with Gasteiger partial charge in [-0.3, -0.25) is 4.79 Å². The highest BCUT2D eigenvalue weighted by molar-refractivity contribution is 7.69. The number of carbonyl (C=O) groups excluding carboxylic acids is 1. The molecule has 0 radical (unpaired) electrons. The highest BCUT2D eigenvalue weighted by Gasteiger charge is 2.49. The summed E-state index contributed by atoms with van der Waals surface area (Å²) in [5, 5.41) is 1.32. The third-order valence-corrected chi connectivity index (χ3v) is 13.9. The molecular formula is C37H49OP. The normalized spacial score (nSPS) is 17.1. The van der Waals surface area contributed by atoms with Gasteiger partial charge in [-0.05, 0) is 163 Å². The number of Topliss-reactive ketones (excluding diaryl/α,β-unsaturated/α-hetero) is 1. The van der Waals surface area contributed by atoms with Crippen molar-refractivity contribution >= 4 is 19.0 Å². The molecule has 39 heavy (non-hydrogen) atoms. The minimum Gasteiger partial charge on any atom is -0.300 e. The Morgan fingerprint density at radius 1 is 0.513 bits per heavy atom. The van der Waals surface area contributed by atoms with Crippen LogP contribution in [0.1, 0.15) is 96.2 Å². The Morgan fingerprint density at radius 3 is 1.10 bits per heavy atom. The second-order valence-electron chi connectivity index (χ2n) is 13.6. The van der Waals surface area contributed by atoms with Crippen molar-refractivity contribution in [1.82, 2.24) is 0 Å². The monoisotopic (exact) mass is 540 g/mol. The highest BCUT2D eigenvalue weighted by Crippen LogP contribution is 2.66. The van der Waals surface area contributed by atoms with Crippen LogP contribution < -0.4 is 5.30 Å². The fraction of sp³-hybridized carbons (Fsp3) is 0.486. The van der Waals surface area contributed by atoms with Crippen LogP contribution in [0.4, 0.5) is 0 Å². The van der Waals surface area contributed by atoms with Crippen molar-refractivity contribution < 1.29 is 4.79 Å². The van der Waals surface area contributed by atoms with E-state index in [0.717, 1.165) is 0 Å². The molecule has 0 unspecified atom stereocenters. The minimum atomic E-state index is -0.693. The largest absolute Gasteiger partial charge is 0.300 e. The van der Waals surface area contributed by atoms with Gasteiger partial charge >= 0.3 is 0 Å². The molecule has 0 saturated carbocycles. The lowest BCUT2D eigenvalue weighted by Gasteiger charge is -2.50. The maximum atomic E-state index is 13.1. The van der Waals surface area contributed by atoms with Crippen LogP contribution >= 0.6 is 7.92 Å². The van der Waals surface area contributed by atoms with Crippen molar-refractivity contribution in [2.45, 2.75) is 120 Å². The molecule has 4 rings (SSSR count). The van der Waals surface area contributed by atoms with E-state index in [0.29, 0.717) is 18.6 Å². The molecule has 0 atom stereocenters. The molecule has 1 saturated heterocycles. The van der Waals surface area contributed by atoms with Gasteiger partial charge in [-0.15, -0.1) is 0 Å². The van der Waals surface area contributed by atoms with Crippen LogP contribution in [-0.2, 0) is 4.79 Å². The summed E-state index contributed by atoms with van der Waals surface area (Å²) in [5.41, 5.74) is 19.5. The molecule has 0 aromatic heterocycles. The zero-order valence-electron chi connectivity index (χ0n) is 27.0. The van der Waals surface area contributed by atoms with E-state index in [1.807, 2.05) is 0 Å². The van der Waals surface area contributed by atoms with Crippen molar-refractivity contribution in [2.24, 2.45) is 0 Å². The third-order valence-electron chi connectivity index (χ3n) is 10.3. The Kier molecular flexibility index (Phi) is 7.62. The van der Waals surface area contributed by atoms with Gasteiger partial charge < -0.3 is 0 Å². The number of hydrogen-bond donors (Lipinski definition) is 0. The third kappa shape index (κ3) is 4.64. The Labute approximate surface area is 239 Å². The summed E-state index contributed by atoms with van der Waals surface area (Å²) in [6, 6.07) is 7.04. The fourth-order valence-corrected chi connectivity index (χ4v) is 12.0. The molecule has 0 aliphatic carbocycles. The molecular weight excluding hydrogens is 491 g/mol. The van der Waals surface area contributed by atoms with Gasteiger partial charge in [0, 0.05) is 12.8 Å². The van der Waals surface area contributed by atoms with E-state index < -0.39 is 7.92 Å². The summed E-state index contributed by atoms with van der Waals surface area (Å²) >= 11 is 0. The topological polar surface area (TPSA) is 17.1 Å². The first kappa shape index (κ1) is 29.7. The minimum absolute atomic E-state index is 0.0911. The summed E-state index contributed by atoms with van der Waals surface area (Å²) in [4.78, 5) is 13.1. The molecule has 1 fully saturated rings. The zero-order chi connectivity index (χ0) is 29.4. The van der Waals surface area contributed by atoms with Crippen molar-refractivity contribution in [1.29, 1.82) is 0 Å². The number of rotatable bonds is 3. The van der Waals surface area contributed by atoms with E-state index in [1.165, 1.54) is 83.2 Å². The van der Waals surface area contributed by atoms with E-state index in [9.17, 15) is 4.79 Å². The first-order chi connectivity index (χ1) is 17.9. The van der Waals surface area contributed by atoms with Crippen molar-refractivity contribution in [3.8, 4) is 22.3 Å². The lowest BCUT2D eigenvalue weighted by Crippen LogP contribution is -2.44. The molecule has 1 heterocycles. The van der Waals surface area contributed by atoms with Crippen LogP contribution in [0.3, 0.4) is 0 Å². The fourth-order valence-electron chi connectivity index (χ4n) is 7.61. The Hall–Kier alpha value is -2.24. The van der Waals surface area contributed by atoms with Crippen LogP contribution in [0.5, 0.6) is 0 Å². The molecule has 3 aromatic carbocycles. The Bertz CT molecular complexity index is 1350. The predicted octanol–water partition coefficient (Wildman–Crippen LogP) is 10.1. The van der Waals surface area contributed by atoms with Gasteiger partial charge in [-0.25, -0.2) is 0 Å². The lowest BCUT2D eigenvalue weighted by atomic mass is 9.83. The number of benzene rings is 3. The summed E-state index contributed by atoms with van der Waals surface area (Å²) in [6.07, 6.45) is 1.31. The van der Waals surface area contributed by atoms with Crippen LogP contribution in [0.25, 0.3) is 22.3 Å². The van der Waals surface area contributed by atoms with Gasteiger partial charge in [-0.2, -0.15) is 0 Å². The Morgan fingerprint density at radius 2 is 0.795 bits per heavy atom. The van der Waals surface area contributed by atoms with Gasteiger partial charge in [0.1, 0.15) is 5.78 Å². The zero-order valence-corrected chi connectivity index (χ0v) is 27.9. The van der Waals surface area contributed by atoms with E-state index in [4.69, 9.17) is 0 Å². The average molecular weight is 541 g/mol. The maximum absolute atomic E-state index is 13.1. The predicted molar refractivity (Wildman–Crippen MR) is 174 cm³/mol. The van der Waals surface area contributed by atoms with Gasteiger partial charge in [0.15, 0.2) is 0 Å². The lowest BCUT2D eigenvalue weighted by molar-refractivity contribution is -0.120. The molecule has 1 nitrogen and oxygen atoms in total. The quantitative estimate of drug-likeness (QED) is 0.302. The van der Waals surface area contributed by atoms with E-state index in [-0.39, 0.29) is 10.3 Å². The number of ketones is 1.